The summed E-state index contributed by atoms with van der Waals surface area (Å²) in [5.41, 5.74) is 1.40. The number of hydrogen-bond acceptors (Lipinski definition) is 5. The SMILES string of the molecule is COC(=O)c1ccccc1SC(=O)[C@H](CC(=O)N1CC2CCC1CC2)Cc1ccccc1. The molecule has 2 heterocycles. The smallest absolute Gasteiger partial charge is 0.339 e. The lowest BCUT2D eigenvalue weighted by atomic mass is 9.79. The summed E-state index contributed by atoms with van der Waals surface area (Å²) in [4.78, 5) is 41.4. The topological polar surface area (TPSA) is 63.7 Å². The van der Waals surface area contributed by atoms with Gasteiger partial charge in [0, 0.05) is 29.8 Å². The maximum Gasteiger partial charge on any atom is 0.339 e. The lowest BCUT2D eigenvalue weighted by Crippen LogP contribution is -2.51. The van der Waals surface area contributed by atoms with Crippen LogP contribution in [0.15, 0.2) is 59.5 Å². The molecule has 2 aromatic carbocycles. The predicted octanol–water partition coefficient (Wildman–Crippen LogP) is 4.74. The summed E-state index contributed by atoms with van der Waals surface area (Å²) >= 11 is 1.03. The highest BCUT2D eigenvalue weighted by Gasteiger charge is 2.37. The number of nitrogens with zero attached hydrogens (tertiary/aromatic N) is 1. The summed E-state index contributed by atoms with van der Waals surface area (Å²) in [5, 5.41) is -0.0966. The highest BCUT2D eigenvalue weighted by atomic mass is 32.2. The molecule has 0 aromatic heterocycles. The summed E-state index contributed by atoms with van der Waals surface area (Å²) in [6, 6.07) is 17.1. The van der Waals surface area contributed by atoms with Gasteiger partial charge in [-0.3, -0.25) is 9.59 Å². The fraction of sp³-hybridized carbons (Fsp3) is 0.423. The van der Waals surface area contributed by atoms with Gasteiger partial charge in [-0.05, 0) is 55.7 Å². The van der Waals surface area contributed by atoms with E-state index in [1.165, 1.54) is 20.0 Å². The minimum absolute atomic E-state index is 0.0792. The van der Waals surface area contributed by atoms with Crippen LogP contribution in [0.4, 0.5) is 0 Å². The highest BCUT2D eigenvalue weighted by Crippen LogP contribution is 2.36. The van der Waals surface area contributed by atoms with Crippen molar-refractivity contribution in [3.8, 4) is 0 Å². The first kappa shape index (κ1) is 22.6. The number of benzene rings is 2. The van der Waals surface area contributed by atoms with Crippen LogP contribution in [-0.4, -0.2) is 41.6 Å². The molecule has 0 spiro atoms. The van der Waals surface area contributed by atoms with E-state index in [1.807, 2.05) is 35.2 Å². The van der Waals surface area contributed by atoms with Gasteiger partial charge in [0.05, 0.1) is 12.7 Å². The van der Waals surface area contributed by atoms with Gasteiger partial charge in [0.15, 0.2) is 5.12 Å². The van der Waals surface area contributed by atoms with Gasteiger partial charge >= 0.3 is 5.97 Å². The Balaban J connectivity index is 1.52. The summed E-state index contributed by atoms with van der Waals surface area (Å²) in [6.07, 6.45) is 5.27. The van der Waals surface area contributed by atoms with Crippen molar-refractivity contribution in [1.29, 1.82) is 0 Å². The van der Waals surface area contributed by atoms with Crippen molar-refractivity contribution < 1.29 is 19.1 Å². The lowest BCUT2D eigenvalue weighted by molar-refractivity contribution is -0.140. The number of fused-ring (bicyclic) bond motifs is 3. The highest BCUT2D eigenvalue weighted by molar-refractivity contribution is 8.13. The van der Waals surface area contributed by atoms with E-state index in [0.717, 1.165) is 36.7 Å². The van der Waals surface area contributed by atoms with Crippen LogP contribution in [0.3, 0.4) is 0 Å². The zero-order valence-corrected chi connectivity index (χ0v) is 19.2. The van der Waals surface area contributed by atoms with E-state index in [9.17, 15) is 14.4 Å². The van der Waals surface area contributed by atoms with Gasteiger partial charge in [0.25, 0.3) is 0 Å². The molecule has 2 aromatic rings. The Hall–Kier alpha value is -2.60. The fourth-order valence-corrected chi connectivity index (χ4v) is 5.82. The van der Waals surface area contributed by atoms with Crippen molar-refractivity contribution >= 4 is 28.8 Å². The Morgan fingerprint density at radius 3 is 2.34 bits per heavy atom. The number of methoxy groups -OCH3 is 1. The third-order valence-electron chi connectivity index (χ3n) is 6.61. The van der Waals surface area contributed by atoms with Crippen LogP contribution < -0.4 is 0 Å². The zero-order valence-electron chi connectivity index (χ0n) is 18.4. The summed E-state index contributed by atoms with van der Waals surface area (Å²) in [5.74, 6) is -0.244. The molecule has 5 nitrogen and oxygen atoms in total. The van der Waals surface area contributed by atoms with Gasteiger partial charge in [0.1, 0.15) is 0 Å². The van der Waals surface area contributed by atoms with Crippen molar-refractivity contribution in [2.45, 2.75) is 49.5 Å². The predicted molar refractivity (Wildman–Crippen MR) is 124 cm³/mol. The van der Waals surface area contributed by atoms with Crippen LogP contribution in [0, 0.1) is 11.8 Å². The maximum atomic E-state index is 13.4. The van der Waals surface area contributed by atoms with Gasteiger partial charge in [-0.15, -0.1) is 0 Å². The van der Waals surface area contributed by atoms with E-state index < -0.39 is 11.9 Å². The zero-order chi connectivity index (χ0) is 22.5. The Bertz CT molecular complexity index is 969. The Kier molecular flexibility index (Phi) is 7.30. The van der Waals surface area contributed by atoms with Crippen LogP contribution in [0.25, 0.3) is 0 Å². The average Bonchev–Trinajstić information content (AvgIpc) is 2.84. The standard InChI is InChI=1S/C26H29NO4S/c1-31-25(29)22-9-5-6-10-23(22)32-26(30)20(15-18-7-3-2-4-8-18)16-24(28)27-17-19-11-13-21(27)14-12-19/h2-10,19-21H,11-17H2,1H3/t19?,20-,21?/m0/s1. The molecule has 5 rings (SSSR count). The first-order valence-electron chi connectivity index (χ1n) is 11.3. The number of carbonyl (C=O) groups is 3. The molecular formula is C26H29NO4S. The van der Waals surface area contributed by atoms with Crippen LogP contribution in [0.2, 0.25) is 0 Å². The number of carbonyl (C=O) groups excluding carboxylic acids is 3. The molecule has 3 fully saturated rings. The van der Waals surface area contributed by atoms with E-state index in [-0.39, 0.29) is 17.4 Å². The summed E-state index contributed by atoms with van der Waals surface area (Å²) in [6.45, 7) is 0.827. The molecule has 2 aliphatic heterocycles. The Morgan fingerprint density at radius 1 is 1.00 bits per heavy atom. The van der Waals surface area contributed by atoms with Gasteiger partial charge in [0.2, 0.25) is 5.91 Å². The molecule has 3 aliphatic rings. The minimum Gasteiger partial charge on any atom is -0.465 e. The molecule has 0 N–H and O–H groups in total. The fourth-order valence-electron chi connectivity index (χ4n) is 4.86. The molecule has 32 heavy (non-hydrogen) atoms. The molecule has 168 valence electrons. The Labute approximate surface area is 193 Å². The first-order valence-corrected chi connectivity index (χ1v) is 12.1. The number of piperidine rings is 2. The summed E-state index contributed by atoms with van der Waals surface area (Å²) in [7, 11) is 1.33. The van der Waals surface area contributed by atoms with E-state index in [2.05, 4.69) is 0 Å². The van der Waals surface area contributed by atoms with Gasteiger partial charge in [-0.1, -0.05) is 54.2 Å². The molecule has 0 radical (unpaired) electrons. The second-order valence-electron chi connectivity index (χ2n) is 8.72. The second-order valence-corrected chi connectivity index (χ2v) is 9.77. The quantitative estimate of drug-likeness (QED) is 0.449. The van der Waals surface area contributed by atoms with Crippen LogP contribution in [0.1, 0.15) is 48.0 Å². The number of rotatable bonds is 7. The third-order valence-corrected chi connectivity index (χ3v) is 7.72. The van der Waals surface area contributed by atoms with Crippen LogP contribution in [-0.2, 0) is 20.7 Å². The number of thioether (sulfide) groups is 1. The molecule has 2 bridgehead atoms. The molecule has 1 aliphatic carbocycles. The minimum atomic E-state index is -0.471. The van der Waals surface area contributed by atoms with E-state index in [1.54, 1.807) is 24.3 Å². The van der Waals surface area contributed by atoms with Crippen molar-refractivity contribution in [2.75, 3.05) is 13.7 Å². The third kappa shape index (κ3) is 5.23. The molecular weight excluding hydrogens is 422 g/mol. The molecule has 6 heteroatoms. The van der Waals surface area contributed by atoms with Crippen molar-refractivity contribution in [1.82, 2.24) is 4.90 Å². The number of esters is 1. The first-order chi connectivity index (χ1) is 15.5. The number of ether oxygens (including phenoxy) is 1. The molecule has 1 atom stereocenters. The number of amides is 1. The average molecular weight is 452 g/mol. The Morgan fingerprint density at radius 2 is 1.69 bits per heavy atom. The molecule has 1 saturated carbocycles. The largest absolute Gasteiger partial charge is 0.465 e. The van der Waals surface area contributed by atoms with E-state index >= 15 is 0 Å². The van der Waals surface area contributed by atoms with E-state index in [0.29, 0.717) is 28.8 Å². The van der Waals surface area contributed by atoms with Crippen molar-refractivity contribution in [2.24, 2.45) is 11.8 Å². The number of hydrogen-bond donors (Lipinski definition) is 0. The summed E-state index contributed by atoms with van der Waals surface area (Å²) < 4.78 is 4.86. The maximum absolute atomic E-state index is 13.4. The lowest BCUT2D eigenvalue weighted by Gasteiger charge is -2.45. The second kappa shape index (κ2) is 10.3. The van der Waals surface area contributed by atoms with Gasteiger partial charge in [-0.2, -0.15) is 0 Å². The molecule has 0 unspecified atom stereocenters. The van der Waals surface area contributed by atoms with Crippen LogP contribution >= 0.6 is 11.8 Å². The monoisotopic (exact) mass is 451 g/mol. The van der Waals surface area contributed by atoms with E-state index in [4.69, 9.17) is 4.74 Å². The molecule has 1 amide bonds. The van der Waals surface area contributed by atoms with Crippen molar-refractivity contribution in [3.05, 3.63) is 65.7 Å². The van der Waals surface area contributed by atoms with Gasteiger partial charge in [-0.25, -0.2) is 4.79 Å². The van der Waals surface area contributed by atoms with Gasteiger partial charge < -0.3 is 9.64 Å². The van der Waals surface area contributed by atoms with Crippen molar-refractivity contribution in [3.63, 3.8) is 0 Å². The van der Waals surface area contributed by atoms with Crippen LogP contribution in [0.5, 0.6) is 0 Å². The molecule has 2 saturated heterocycles. The normalized spacial score (nSPS) is 20.6.